The highest BCUT2D eigenvalue weighted by Crippen LogP contribution is 2.36. The predicted octanol–water partition coefficient (Wildman–Crippen LogP) is 2.79. The molecule has 1 saturated heterocycles. The SMILES string of the molecule is C[C@H]1C(=O)N(c2ccc3c(c2)OCO3)CCN1Cc1ccc(F)cc1. The number of nitrogens with zero attached hydrogens (tertiary/aromatic N) is 2. The Kier molecular flexibility index (Phi) is 4.05. The summed E-state index contributed by atoms with van der Waals surface area (Å²) >= 11 is 0. The monoisotopic (exact) mass is 342 g/mol. The molecular formula is C19H19FN2O3. The molecule has 0 radical (unpaired) electrons. The highest BCUT2D eigenvalue weighted by molar-refractivity contribution is 5.98. The van der Waals surface area contributed by atoms with Gasteiger partial charge < -0.3 is 14.4 Å². The van der Waals surface area contributed by atoms with Crippen LogP contribution in [0.15, 0.2) is 42.5 Å². The third kappa shape index (κ3) is 3.05. The largest absolute Gasteiger partial charge is 0.454 e. The average molecular weight is 342 g/mol. The van der Waals surface area contributed by atoms with Gasteiger partial charge in [-0.25, -0.2) is 4.39 Å². The summed E-state index contributed by atoms with van der Waals surface area (Å²) in [5.74, 6) is 1.18. The Morgan fingerprint density at radius 2 is 1.84 bits per heavy atom. The van der Waals surface area contributed by atoms with Gasteiger partial charge in [0.05, 0.1) is 6.04 Å². The third-order valence-electron chi connectivity index (χ3n) is 4.75. The quantitative estimate of drug-likeness (QED) is 0.860. The zero-order chi connectivity index (χ0) is 17.4. The van der Waals surface area contributed by atoms with Crippen molar-refractivity contribution in [2.45, 2.75) is 19.5 Å². The zero-order valence-corrected chi connectivity index (χ0v) is 13.9. The highest BCUT2D eigenvalue weighted by atomic mass is 19.1. The Balaban J connectivity index is 1.48. The molecule has 1 fully saturated rings. The maximum absolute atomic E-state index is 13.0. The lowest BCUT2D eigenvalue weighted by Crippen LogP contribution is -2.55. The lowest BCUT2D eigenvalue weighted by Gasteiger charge is -2.39. The van der Waals surface area contributed by atoms with Crippen molar-refractivity contribution in [2.24, 2.45) is 0 Å². The summed E-state index contributed by atoms with van der Waals surface area (Å²) in [5.41, 5.74) is 1.82. The summed E-state index contributed by atoms with van der Waals surface area (Å²) < 4.78 is 23.8. The summed E-state index contributed by atoms with van der Waals surface area (Å²) in [6.07, 6.45) is 0. The number of hydrogen-bond donors (Lipinski definition) is 0. The molecule has 1 amide bonds. The van der Waals surface area contributed by atoms with E-state index in [0.29, 0.717) is 24.6 Å². The molecule has 2 heterocycles. The van der Waals surface area contributed by atoms with Crippen molar-refractivity contribution in [3.05, 3.63) is 53.8 Å². The first-order valence-corrected chi connectivity index (χ1v) is 8.31. The topological polar surface area (TPSA) is 42.0 Å². The van der Waals surface area contributed by atoms with Crippen LogP contribution in [0, 0.1) is 5.82 Å². The van der Waals surface area contributed by atoms with E-state index < -0.39 is 0 Å². The summed E-state index contributed by atoms with van der Waals surface area (Å²) in [6, 6.07) is 11.7. The second-order valence-corrected chi connectivity index (χ2v) is 6.30. The molecule has 0 spiro atoms. The molecule has 0 N–H and O–H groups in total. The van der Waals surface area contributed by atoms with Crippen molar-refractivity contribution in [2.75, 3.05) is 24.8 Å². The molecule has 0 unspecified atom stereocenters. The molecule has 0 aromatic heterocycles. The number of carbonyl (C=O) groups excluding carboxylic acids is 1. The lowest BCUT2D eigenvalue weighted by molar-refractivity contribution is -0.125. The summed E-state index contributed by atoms with van der Waals surface area (Å²) in [4.78, 5) is 16.7. The van der Waals surface area contributed by atoms with Gasteiger partial charge >= 0.3 is 0 Å². The molecule has 5 nitrogen and oxygen atoms in total. The van der Waals surface area contributed by atoms with E-state index in [0.717, 1.165) is 17.8 Å². The third-order valence-corrected chi connectivity index (χ3v) is 4.75. The van der Waals surface area contributed by atoms with Crippen molar-refractivity contribution < 1.29 is 18.7 Å². The minimum absolute atomic E-state index is 0.0484. The molecule has 0 saturated carbocycles. The molecule has 6 heteroatoms. The number of carbonyl (C=O) groups is 1. The molecule has 2 aromatic carbocycles. The zero-order valence-electron chi connectivity index (χ0n) is 13.9. The van der Waals surface area contributed by atoms with Crippen LogP contribution in [0.2, 0.25) is 0 Å². The first-order valence-electron chi connectivity index (χ1n) is 8.31. The normalized spacial score (nSPS) is 20.2. The number of amides is 1. The average Bonchev–Trinajstić information content (AvgIpc) is 3.09. The van der Waals surface area contributed by atoms with Crippen molar-refractivity contribution in [3.8, 4) is 11.5 Å². The van der Waals surface area contributed by atoms with E-state index in [1.807, 2.05) is 25.1 Å². The van der Waals surface area contributed by atoms with Gasteiger partial charge in [-0.3, -0.25) is 9.69 Å². The standard InChI is InChI=1S/C19H19FN2O3/c1-13-19(23)22(16-6-7-17-18(10-16)25-12-24-17)9-8-21(13)11-14-2-4-15(20)5-3-14/h2-7,10,13H,8-9,11-12H2,1H3/t13-/m0/s1. The van der Waals surface area contributed by atoms with Crippen molar-refractivity contribution in [3.63, 3.8) is 0 Å². The van der Waals surface area contributed by atoms with Gasteiger partial charge in [-0.2, -0.15) is 0 Å². The number of ether oxygens (including phenoxy) is 2. The lowest BCUT2D eigenvalue weighted by atomic mass is 10.1. The van der Waals surface area contributed by atoms with Gasteiger partial charge in [0.1, 0.15) is 5.82 Å². The summed E-state index contributed by atoms with van der Waals surface area (Å²) in [6.45, 7) is 4.10. The minimum Gasteiger partial charge on any atom is -0.454 e. The van der Waals surface area contributed by atoms with Gasteiger partial charge in [-0.15, -0.1) is 0 Å². The van der Waals surface area contributed by atoms with Gasteiger partial charge in [0, 0.05) is 31.4 Å². The van der Waals surface area contributed by atoms with Gasteiger partial charge in [-0.1, -0.05) is 12.1 Å². The highest BCUT2D eigenvalue weighted by Gasteiger charge is 2.32. The molecule has 0 bridgehead atoms. The van der Waals surface area contributed by atoms with Gasteiger partial charge in [0.25, 0.3) is 0 Å². The number of rotatable bonds is 3. The molecule has 25 heavy (non-hydrogen) atoms. The van der Waals surface area contributed by atoms with Crippen LogP contribution in [0.25, 0.3) is 0 Å². The number of anilines is 1. The van der Waals surface area contributed by atoms with Crippen molar-refractivity contribution >= 4 is 11.6 Å². The van der Waals surface area contributed by atoms with Gasteiger partial charge in [0.2, 0.25) is 12.7 Å². The van der Waals surface area contributed by atoms with Crippen LogP contribution in [0.5, 0.6) is 11.5 Å². The molecule has 2 aromatic rings. The Labute approximate surface area is 145 Å². The molecule has 4 rings (SSSR count). The number of hydrogen-bond acceptors (Lipinski definition) is 4. The summed E-state index contributed by atoms with van der Waals surface area (Å²) in [5, 5.41) is 0. The molecule has 2 aliphatic heterocycles. The number of piperazine rings is 1. The summed E-state index contributed by atoms with van der Waals surface area (Å²) in [7, 11) is 0. The maximum atomic E-state index is 13.0. The second-order valence-electron chi connectivity index (χ2n) is 6.30. The van der Waals surface area contributed by atoms with Crippen LogP contribution >= 0.6 is 0 Å². The molecular weight excluding hydrogens is 323 g/mol. The molecule has 2 aliphatic rings. The van der Waals surface area contributed by atoms with E-state index in [1.165, 1.54) is 12.1 Å². The first-order chi connectivity index (χ1) is 12.1. The van der Waals surface area contributed by atoms with E-state index in [2.05, 4.69) is 4.90 Å². The smallest absolute Gasteiger partial charge is 0.244 e. The van der Waals surface area contributed by atoms with Crippen LogP contribution < -0.4 is 14.4 Å². The second kappa shape index (κ2) is 6.37. The van der Waals surface area contributed by atoms with E-state index in [-0.39, 0.29) is 24.6 Å². The Morgan fingerprint density at radius 1 is 1.08 bits per heavy atom. The van der Waals surface area contributed by atoms with Crippen LogP contribution in [0.4, 0.5) is 10.1 Å². The Hall–Kier alpha value is -2.60. The van der Waals surface area contributed by atoms with E-state index in [1.54, 1.807) is 17.0 Å². The van der Waals surface area contributed by atoms with Crippen LogP contribution in [0.3, 0.4) is 0 Å². The molecule has 1 atom stereocenters. The van der Waals surface area contributed by atoms with Gasteiger partial charge in [0.15, 0.2) is 11.5 Å². The van der Waals surface area contributed by atoms with Gasteiger partial charge in [-0.05, 0) is 36.8 Å². The molecule has 0 aliphatic carbocycles. The fourth-order valence-corrected chi connectivity index (χ4v) is 3.26. The number of benzene rings is 2. The first kappa shape index (κ1) is 15.9. The fraction of sp³-hybridized carbons (Fsp3) is 0.316. The number of fused-ring (bicyclic) bond motifs is 1. The van der Waals surface area contributed by atoms with Crippen molar-refractivity contribution in [1.82, 2.24) is 4.90 Å². The van der Waals surface area contributed by atoms with Crippen LogP contribution in [0.1, 0.15) is 12.5 Å². The van der Waals surface area contributed by atoms with E-state index >= 15 is 0 Å². The van der Waals surface area contributed by atoms with E-state index in [4.69, 9.17) is 9.47 Å². The van der Waals surface area contributed by atoms with E-state index in [9.17, 15) is 9.18 Å². The molecule has 130 valence electrons. The fourth-order valence-electron chi connectivity index (χ4n) is 3.26. The maximum Gasteiger partial charge on any atom is 0.244 e. The van der Waals surface area contributed by atoms with Crippen LogP contribution in [-0.4, -0.2) is 36.7 Å². The Bertz CT molecular complexity index is 794. The minimum atomic E-state index is -0.250. The van der Waals surface area contributed by atoms with Crippen LogP contribution in [-0.2, 0) is 11.3 Å². The predicted molar refractivity (Wildman–Crippen MR) is 91.2 cm³/mol. The van der Waals surface area contributed by atoms with Crippen molar-refractivity contribution in [1.29, 1.82) is 0 Å². The Morgan fingerprint density at radius 3 is 2.64 bits per heavy atom. The number of halogens is 1.